The number of aromatic nitrogens is 2. The summed E-state index contributed by atoms with van der Waals surface area (Å²) in [6.45, 7) is 1.91. The third-order valence-electron chi connectivity index (χ3n) is 3.64. The molecule has 2 heterocycles. The molecule has 1 aromatic carbocycles. The smallest absolute Gasteiger partial charge is 0.322 e. The number of thiophene rings is 1. The molecule has 2 aromatic heterocycles. The molecule has 8 heteroatoms. The van der Waals surface area contributed by atoms with E-state index in [0.29, 0.717) is 10.7 Å². The molecule has 6 nitrogen and oxygen atoms in total. The first kappa shape index (κ1) is 17.2. The Morgan fingerprint density at radius 3 is 2.80 bits per heavy atom. The number of hydrogen-bond acceptors (Lipinski definition) is 4. The van der Waals surface area contributed by atoms with E-state index >= 15 is 0 Å². The van der Waals surface area contributed by atoms with Crippen molar-refractivity contribution >= 4 is 34.5 Å². The van der Waals surface area contributed by atoms with Gasteiger partial charge in [-0.2, -0.15) is 0 Å². The number of amides is 1. The molecule has 0 bridgehead atoms. The minimum atomic E-state index is -0.638. The Hall–Kier alpha value is -2.64. The molecule has 0 aliphatic rings. The molecule has 3 aromatic rings. The summed E-state index contributed by atoms with van der Waals surface area (Å²) >= 11 is 7.33. The Labute approximate surface area is 151 Å². The summed E-state index contributed by atoms with van der Waals surface area (Å²) in [5.41, 5.74) is -0.0154. The quantitative estimate of drug-likeness (QED) is 0.735. The molecule has 0 radical (unpaired) electrons. The van der Waals surface area contributed by atoms with Crippen LogP contribution in [0.4, 0.5) is 5.69 Å². The lowest BCUT2D eigenvalue weighted by Crippen LogP contribution is -2.39. The van der Waals surface area contributed by atoms with Crippen LogP contribution in [0.2, 0.25) is 5.02 Å². The first-order valence-electron chi connectivity index (χ1n) is 7.38. The van der Waals surface area contributed by atoms with Gasteiger partial charge in [-0.15, -0.1) is 11.3 Å². The van der Waals surface area contributed by atoms with Crippen LogP contribution in [-0.2, 0) is 6.54 Å². The summed E-state index contributed by atoms with van der Waals surface area (Å²) in [7, 11) is 0. The summed E-state index contributed by atoms with van der Waals surface area (Å²) in [5, 5.41) is 5.08. The van der Waals surface area contributed by atoms with E-state index in [1.54, 1.807) is 25.1 Å². The summed E-state index contributed by atoms with van der Waals surface area (Å²) in [5.74, 6) is -0.591. The summed E-state index contributed by atoms with van der Waals surface area (Å²) in [4.78, 5) is 40.3. The summed E-state index contributed by atoms with van der Waals surface area (Å²) in [6, 6.07) is 8.66. The Kier molecular flexibility index (Phi) is 4.87. The van der Waals surface area contributed by atoms with Crippen LogP contribution in [0.15, 0.2) is 51.5 Å². The minimum Gasteiger partial charge on any atom is -0.322 e. The third-order valence-corrected chi connectivity index (χ3v) is 4.73. The minimum absolute atomic E-state index is 0.118. The van der Waals surface area contributed by atoms with E-state index in [-0.39, 0.29) is 12.1 Å². The van der Waals surface area contributed by atoms with E-state index in [9.17, 15) is 14.4 Å². The first-order chi connectivity index (χ1) is 12.0. The highest BCUT2D eigenvalue weighted by Crippen LogP contribution is 2.19. The predicted octanol–water partition coefficient (Wildman–Crippen LogP) is 2.86. The van der Waals surface area contributed by atoms with Crippen LogP contribution in [0.3, 0.4) is 0 Å². The number of hydrogen-bond donors (Lipinski definition) is 2. The van der Waals surface area contributed by atoms with Crippen molar-refractivity contribution in [3.05, 3.63) is 83.8 Å². The number of nitrogens with zero attached hydrogens (tertiary/aromatic N) is 1. The van der Waals surface area contributed by atoms with Crippen molar-refractivity contribution < 1.29 is 4.79 Å². The second-order valence-electron chi connectivity index (χ2n) is 5.39. The molecule has 0 unspecified atom stereocenters. The van der Waals surface area contributed by atoms with Gasteiger partial charge in [0, 0.05) is 21.8 Å². The van der Waals surface area contributed by atoms with Crippen LogP contribution in [0.1, 0.15) is 20.8 Å². The number of rotatable bonds is 4. The number of carbonyl (C=O) groups excluding carboxylic acids is 1. The normalized spacial score (nSPS) is 10.6. The van der Waals surface area contributed by atoms with Crippen molar-refractivity contribution in [2.45, 2.75) is 13.5 Å². The standard InChI is InChI=1S/C17H14ClN3O3S/c1-10-7-11(18)4-5-14(10)20-15(22)13-8-19-17(24)21(16(13)23)9-12-3-2-6-25-12/h2-8H,9H2,1H3,(H,19,24)(H,20,22). The number of benzene rings is 1. The van der Waals surface area contributed by atoms with Crippen LogP contribution in [0.5, 0.6) is 0 Å². The van der Waals surface area contributed by atoms with Crippen LogP contribution in [0, 0.1) is 6.92 Å². The maximum Gasteiger partial charge on any atom is 0.328 e. The highest BCUT2D eigenvalue weighted by Gasteiger charge is 2.16. The molecule has 0 spiro atoms. The van der Waals surface area contributed by atoms with Gasteiger partial charge in [0.15, 0.2) is 0 Å². The van der Waals surface area contributed by atoms with E-state index < -0.39 is 17.2 Å². The molecule has 25 heavy (non-hydrogen) atoms. The van der Waals surface area contributed by atoms with E-state index in [1.807, 2.05) is 17.5 Å². The lowest BCUT2D eigenvalue weighted by atomic mass is 10.2. The van der Waals surface area contributed by atoms with Gasteiger partial charge in [0.2, 0.25) is 0 Å². The molecule has 0 atom stereocenters. The topological polar surface area (TPSA) is 84.0 Å². The van der Waals surface area contributed by atoms with Crippen LogP contribution >= 0.6 is 22.9 Å². The number of nitrogens with one attached hydrogen (secondary N) is 2. The molecule has 3 rings (SSSR count). The van der Waals surface area contributed by atoms with Gasteiger partial charge in [0.25, 0.3) is 11.5 Å². The number of halogens is 1. The number of aryl methyl sites for hydroxylation is 1. The maximum absolute atomic E-state index is 12.6. The van der Waals surface area contributed by atoms with Gasteiger partial charge in [0.1, 0.15) is 5.56 Å². The van der Waals surface area contributed by atoms with Gasteiger partial charge in [-0.3, -0.25) is 14.2 Å². The number of H-pyrrole nitrogens is 1. The molecule has 0 saturated carbocycles. The largest absolute Gasteiger partial charge is 0.328 e. The van der Waals surface area contributed by atoms with Crippen molar-refractivity contribution in [3.63, 3.8) is 0 Å². The van der Waals surface area contributed by atoms with Gasteiger partial charge in [-0.25, -0.2) is 4.79 Å². The molecule has 0 saturated heterocycles. The zero-order chi connectivity index (χ0) is 18.0. The SMILES string of the molecule is Cc1cc(Cl)ccc1NC(=O)c1c[nH]c(=O)n(Cc2cccs2)c1=O. The second-order valence-corrected chi connectivity index (χ2v) is 6.86. The first-order valence-corrected chi connectivity index (χ1v) is 8.64. The van der Waals surface area contributed by atoms with Gasteiger partial charge in [-0.05, 0) is 42.1 Å². The summed E-state index contributed by atoms with van der Waals surface area (Å²) in [6.07, 6.45) is 1.14. The molecule has 0 aliphatic heterocycles. The number of carbonyl (C=O) groups is 1. The van der Waals surface area contributed by atoms with Crippen LogP contribution in [-0.4, -0.2) is 15.5 Å². The molecule has 2 N–H and O–H groups in total. The fourth-order valence-corrected chi connectivity index (χ4v) is 3.25. The predicted molar refractivity (Wildman–Crippen MR) is 98.9 cm³/mol. The number of anilines is 1. The zero-order valence-corrected chi connectivity index (χ0v) is 14.8. The molecule has 0 fully saturated rings. The lowest BCUT2D eigenvalue weighted by molar-refractivity contribution is 0.102. The van der Waals surface area contributed by atoms with Crippen molar-refractivity contribution in [2.75, 3.05) is 5.32 Å². The molecule has 0 aliphatic carbocycles. The zero-order valence-electron chi connectivity index (χ0n) is 13.2. The maximum atomic E-state index is 12.6. The third kappa shape index (κ3) is 3.72. The Morgan fingerprint density at radius 2 is 2.12 bits per heavy atom. The highest BCUT2D eigenvalue weighted by molar-refractivity contribution is 7.09. The van der Waals surface area contributed by atoms with E-state index in [0.717, 1.165) is 21.2 Å². The lowest BCUT2D eigenvalue weighted by Gasteiger charge is -2.09. The fourth-order valence-electron chi connectivity index (χ4n) is 2.33. The number of aromatic amines is 1. The average Bonchev–Trinajstić information content (AvgIpc) is 3.07. The van der Waals surface area contributed by atoms with Gasteiger partial charge in [0.05, 0.1) is 6.54 Å². The molecular weight excluding hydrogens is 362 g/mol. The van der Waals surface area contributed by atoms with Crippen LogP contribution in [0.25, 0.3) is 0 Å². The Bertz CT molecular complexity index is 1040. The van der Waals surface area contributed by atoms with E-state index in [4.69, 9.17) is 11.6 Å². The van der Waals surface area contributed by atoms with E-state index in [2.05, 4.69) is 10.3 Å². The van der Waals surface area contributed by atoms with Crippen molar-refractivity contribution in [3.8, 4) is 0 Å². The highest BCUT2D eigenvalue weighted by atomic mass is 35.5. The van der Waals surface area contributed by atoms with Gasteiger partial charge < -0.3 is 10.3 Å². The molecule has 1 amide bonds. The van der Waals surface area contributed by atoms with Crippen molar-refractivity contribution in [1.82, 2.24) is 9.55 Å². The molecule has 128 valence electrons. The Balaban J connectivity index is 1.93. The average molecular weight is 376 g/mol. The summed E-state index contributed by atoms with van der Waals surface area (Å²) < 4.78 is 1.01. The Morgan fingerprint density at radius 1 is 1.32 bits per heavy atom. The monoisotopic (exact) mass is 375 g/mol. The fraction of sp³-hybridized carbons (Fsp3) is 0.118. The van der Waals surface area contributed by atoms with Crippen molar-refractivity contribution in [1.29, 1.82) is 0 Å². The molecular formula is C17H14ClN3O3S. The second kappa shape index (κ2) is 7.08. The van der Waals surface area contributed by atoms with Crippen LogP contribution < -0.4 is 16.6 Å². The van der Waals surface area contributed by atoms with E-state index in [1.165, 1.54) is 11.3 Å². The van der Waals surface area contributed by atoms with Crippen molar-refractivity contribution in [2.24, 2.45) is 0 Å². The van der Waals surface area contributed by atoms with Gasteiger partial charge in [-0.1, -0.05) is 17.7 Å². The van der Waals surface area contributed by atoms with Gasteiger partial charge >= 0.3 is 5.69 Å².